The van der Waals surface area contributed by atoms with Gasteiger partial charge in [0.25, 0.3) is 0 Å². The lowest BCUT2D eigenvalue weighted by atomic mass is 9.91. The van der Waals surface area contributed by atoms with E-state index in [1.165, 1.54) is 38.6 Å². The average molecular weight is 317 g/mol. The quantitative estimate of drug-likeness (QED) is 0.519. The van der Waals surface area contributed by atoms with Crippen molar-refractivity contribution in [2.45, 2.75) is 53.4 Å². The lowest BCUT2D eigenvalue weighted by molar-refractivity contribution is 0.859. The van der Waals surface area contributed by atoms with Crippen LogP contribution < -0.4 is 0 Å². The van der Waals surface area contributed by atoms with Gasteiger partial charge in [0, 0.05) is 17.1 Å². The van der Waals surface area contributed by atoms with Gasteiger partial charge >= 0.3 is 0 Å². The molecule has 1 nitrogen and oxygen atoms in total. The van der Waals surface area contributed by atoms with Gasteiger partial charge in [-0.25, -0.2) is 0 Å². The predicted octanol–water partition coefficient (Wildman–Crippen LogP) is 6.77. The summed E-state index contributed by atoms with van der Waals surface area (Å²) in [6.07, 6.45) is 2.07. The van der Waals surface area contributed by atoms with Gasteiger partial charge in [0.1, 0.15) is 0 Å². The zero-order valence-electron chi connectivity index (χ0n) is 15.6. The summed E-state index contributed by atoms with van der Waals surface area (Å²) in [5, 5.41) is 2.61. The van der Waals surface area contributed by atoms with Crippen LogP contribution in [0.5, 0.6) is 0 Å². The highest BCUT2D eigenvalue weighted by atomic mass is 14.7. The number of benzene rings is 2. The van der Waals surface area contributed by atoms with Crippen LogP contribution in [-0.4, -0.2) is 4.98 Å². The molecule has 0 bridgehead atoms. The number of hydrogen-bond donors (Lipinski definition) is 0. The summed E-state index contributed by atoms with van der Waals surface area (Å²) in [6, 6.07) is 13.6. The summed E-state index contributed by atoms with van der Waals surface area (Å²) in [4.78, 5) is 4.86. The first-order chi connectivity index (χ1) is 11.4. The van der Waals surface area contributed by atoms with Gasteiger partial charge in [-0.2, -0.15) is 0 Å². The molecule has 0 spiro atoms. The molecule has 2 aromatic carbocycles. The minimum absolute atomic E-state index is 0.468. The maximum absolute atomic E-state index is 4.86. The van der Waals surface area contributed by atoms with E-state index in [4.69, 9.17) is 4.98 Å². The molecule has 0 unspecified atom stereocenters. The van der Waals surface area contributed by atoms with Gasteiger partial charge in [0.2, 0.25) is 0 Å². The average Bonchev–Trinajstić information content (AvgIpc) is 2.51. The van der Waals surface area contributed by atoms with Gasteiger partial charge < -0.3 is 0 Å². The fourth-order valence-electron chi connectivity index (χ4n) is 3.44. The van der Waals surface area contributed by atoms with Crippen LogP contribution in [-0.2, 0) is 0 Å². The van der Waals surface area contributed by atoms with Crippen molar-refractivity contribution in [3.63, 3.8) is 0 Å². The Morgan fingerprint density at radius 2 is 1.42 bits per heavy atom. The van der Waals surface area contributed by atoms with Crippen LogP contribution >= 0.6 is 0 Å². The molecule has 3 aromatic rings. The summed E-state index contributed by atoms with van der Waals surface area (Å²) >= 11 is 0. The van der Waals surface area contributed by atoms with Crippen LogP contribution in [0.1, 0.15) is 61.8 Å². The second-order valence-corrected chi connectivity index (χ2v) is 7.55. The molecule has 1 heteroatoms. The topological polar surface area (TPSA) is 12.9 Å². The molecule has 0 aliphatic heterocycles. The smallest absolute Gasteiger partial charge is 0.0780 e. The lowest BCUT2D eigenvalue weighted by Gasteiger charge is -2.16. The molecular formula is C23H27N. The lowest BCUT2D eigenvalue weighted by Crippen LogP contribution is -1.97. The van der Waals surface area contributed by atoms with Crippen molar-refractivity contribution in [1.82, 2.24) is 4.98 Å². The molecule has 0 radical (unpaired) electrons. The minimum Gasteiger partial charge on any atom is -0.255 e. The number of rotatable bonds is 3. The molecule has 0 saturated carbocycles. The molecule has 0 amide bonds. The Balaban J connectivity index is 2.32. The Morgan fingerprint density at radius 1 is 0.750 bits per heavy atom. The number of hydrogen-bond acceptors (Lipinski definition) is 1. The highest BCUT2D eigenvalue weighted by molar-refractivity contribution is 5.97. The van der Waals surface area contributed by atoms with Crippen LogP contribution in [0.3, 0.4) is 0 Å². The van der Waals surface area contributed by atoms with Gasteiger partial charge in [-0.05, 0) is 54.3 Å². The summed E-state index contributed by atoms with van der Waals surface area (Å²) < 4.78 is 0. The molecular weight excluding hydrogens is 290 g/mol. The van der Waals surface area contributed by atoms with Crippen molar-refractivity contribution in [1.29, 1.82) is 0 Å². The Bertz CT molecular complexity index is 868. The van der Waals surface area contributed by atoms with Gasteiger partial charge in [-0.15, -0.1) is 0 Å². The highest BCUT2D eigenvalue weighted by Gasteiger charge is 2.13. The summed E-state index contributed by atoms with van der Waals surface area (Å²) in [7, 11) is 0. The van der Waals surface area contributed by atoms with E-state index in [-0.39, 0.29) is 0 Å². The first-order valence-corrected chi connectivity index (χ1v) is 8.88. The van der Waals surface area contributed by atoms with E-state index in [0.29, 0.717) is 11.8 Å². The van der Waals surface area contributed by atoms with Crippen molar-refractivity contribution < 1.29 is 0 Å². The second kappa shape index (κ2) is 6.39. The Labute approximate surface area is 145 Å². The maximum atomic E-state index is 4.86. The number of nitrogens with zero attached hydrogens (tertiary/aromatic N) is 1. The monoisotopic (exact) mass is 317 g/mol. The van der Waals surface area contributed by atoms with Crippen LogP contribution in [0.15, 0.2) is 42.6 Å². The molecule has 0 aliphatic carbocycles. The van der Waals surface area contributed by atoms with Crippen molar-refractivity contribution in [2.24, 2.45) is 0 Å². The summed E-state index contributed by atoms with van der Waals surface area (Å²) in [6.45, 7) is 13.3. The molecule has 1 heterocycles. The third-order valence-corrected chi connectivity index (χ3v) is 4.73. The Hall–Kier alpha value is -2.15. The fraction of sp³-hybridized carbons (Fsp3) is 0.348. The molecule has 0 aliphatic rings. The zero-order chi connectivity index (χ0) is 17.4. The van der Waals surface area contributed by atoms with Crippen molar-refractivity contribution >= 4 is 10.8 Å². The van der Waals surface area contributed by atoms with E-state index >= 15 is 0 Å². The minimum atomic E-state index is 0.468. The second-order valence-electron chi connectivity index (χ2n) is 7.55. The fourth-order valence-corrected chi connectivity index (χ4v) is 3.44. The normalized spacial score (nSPS) is 11.7. The zero-order valence-corrected chi connectivity index (χ0v) is 15.6. The molecule has 24 heavy (non-hydrogen) atoms. The van der Waals surface area contributed by atoms with Crippen molar-refractivity contribution in [3.8, 4) is 11.3 Å². The molecule has 0 fully saturated rings. The van der Waals surface area contributed by atoms with Gasteiger partial charge in [-0.3, -0.25) is 4.98 Å². The first-order valence-electron chi connectivity index (χ1n) is 8.88. The van der Waals surface area contributed by atoms with Crippen molar-refractivity contribution in [2.75, 3.05) is 0 Å². The van der Waals surface area contributed by atoms with E-state index in [1.807, 2.05) is 0 Å². The van der Waals surface area contributed by atoms with E-state index in [1.54, 1.807) is 0 Å². The largest absolute Gasteiger partial charge is 0.255 e. The number of pyridine rings is 1. The molecule has 1 aromatic heterocycles. The molecule has 124 valence electrons. The maximum Gasteiger partial charge on any atom is 0.0780 e. The predicted molar refractivity (Wildman–Crippen MR) is 105 cm³/mol. The van der Waals surface area contributed by atoms with E-state index in [0.717, 1.165) is 5.69 Å². The van der Waals surface area contributed by atoms with E-state index < -0.39 is 0 Å². The first kappa shape index (κ1) is 16.7. The summed E-state index contributed by atoms with van der Waals surface area (Å²) in [5.41, 5.74) is 7.60. The van der Waals surface area contributed by atoms with E-state index in [9.17, 15) is 0 Å². The van der Waals surface area contributed by atoms with Crippen molar-refractivity contribution in [3.05, 3.63) is 64.8 Å². The Morgan fingerprint density at radius 3 is 2.00 bits per heavy atom. The third kappa shape index (κ3) is 3.08. The molecule has 0 saturated heterocycles. The summed E-state index contributed by atoms with van der Waals surface area (Å²) in [5.74, 6) is 1.00. The molecule has 0 N–H and O–H groups in total. The van der Waals surface area contributed by atoms with E-state index in [2.05, 4.69) is 84.1 Å². The van der Waals surface area contributed by atoms with Gasteiger partial charge in [0.15, 0.2) is 0 Å². The number of aromatic nitrogens is 1. The SMILES string of the molecule is Cc1cc(C)cc(-c2ncc(C(C)C)c3cc(C(C)C)ccc23)c1. The third-order valence-electron chi connectivity index (χ3n) is 4.73. The van der Waals surface area contributed by atoms with Crippen LogP contribution in [0.4, 0.5) is 0 Å². The van der Waals surface area contributed by atoms with Crippen LogP contribution in [0.25, 0.3) is 22.0 Å². The van der Waals surface area contributed by atoms with Gasteiger partial charge in [0.05, 0.1) is 5.69 Å². The van der Waals surface area contributed by atoms with Crippen LogP contribution in [0, 0.1) is 13.8 Å². The standard InChI is InChI=1S/C23H27N/c1-14(2)18-7-8-20-21(12-18)22(15(3)4)13-24-23(20)19-10-16(5)9-17(6)11-19/h7-15H,1-6H3. The van der Waals surface area contributed by atoms with Crippen LogP contribution in [0.2, 0.25) is 0 Å². The molecule has 3 rings (SSSR count). The Kier molecular flexibility index (Phi) is 4.45. The number of fused-ring (bicyclic) bond motifs is 1. The molecule has 0 atom stereocenters. The van der Waals surface area contributed by atoms with Gasteiger partial charge in [-0.1, -0.05) is 63.1 Å². The number of aryl methyl sites for hydroxylation is 2. The highest BCUT2D eigenvalue weighted by Crippen LogP contribution is 2.34.